The number of rotatable bonds is 10. The molecule has 1 unspecified atom stereocenters. The van der Waals surface area contributed by atoms with Crippen LogP contribution in [0.25, 0.3) is 0 Å². The summed E-state index contributed by atoms with van der Waals surface area (Å²) in [6.07, 6.45) is 0. The molecule has 0 spiro atoms. The standard InChI is InChI=1S/C12H25NO4/c1-5-17-12(14)11(2)10-13(6-8-15-3)7-9-16-4/h11H,5-10H2,1-4H3. The van der Waals surface area contributed by atoms with Gasteiger partial charge in [-0.05, 0) is 6.92 Å². The van der Waals surface area contributed by atoms with Gasteiger partial charge in [-0.15, -0.1) is 0 Å². The number of esters is 1. The molecular formula is C12H25NO4. The summed E-state index contributed by atoms with van der Waals surface area (Å²) in [5.41, 5.74) is 0. The van der Waals surface area contributed by atoms with Crippen LogP contribution in [0.5, 0.6) is 0 Å². The van der Waals surface area contributed by atoms with E-state index < -0.39 is 0 Å². The first-order valence-electron chi connectivity index (χ1n) is 6.02. The quantitative estimate of drug-likeness (QED) is 0.534. The maximum absolute atomic E-state index is 11.5. The second-order valence-electron chi connectivity index (χ2n) is 3.94. The lowest BCUT2D eigenvalue weighted by Gasteiger charge is -2.24. The molecule has 102 valence electrons. The summed E-state index contributed by atoms with van der Waals surface area (Å²) in [5.74, 6) is -0.268. The van der Waals surface area contributed by atoms with E-state index in [-0.39, 0.29) is 11.9 Å². The predicted octanol–water partition coefficient (Wildman–Crippen LogP) is 0.780. The second kappa shape index (κ2) is 10.5. The Bertz CT molecular complexity index is 191. The number of hydrogen-bond acceptors (Lipinski definition) is 5. The molecule has 0 heterocycles. The van der Waals surface area contributed by atoms with Gasteiger partial charge in [-0.3, -0.25) is 9.69 Å². The highest BCUT2D eigenvalue weighted by Gasteiger charge is 2.17. The maximum atomic E-state index is 11.5. The van der Waals surface area contributed by atoms with E-state index in [1.165, 1.54) is 0 Å². The highest BCUT2D eigenvalue weighted by molar-refractivity contribution is 5.72. The van der Waals surface area contributed by atoms with Crippen LogP contribution in [-0.2, 0) is 19.0 Å². The molecule has 0 rings (SSSR count). The molecule has 0 aliphatic heterocycles. The molecule has 0 aromatic heterocycles. The normalized spacial score (nSPS) is 12.8. The number of nitrogens with zero attached hydrogens (tertiary/aromatic N) is 1. The van der Waals surface area contributed by atoms with Crippen LogP contribution in [0.1, 0.15) is 13.8 Å². The Kier molecular flexibility index (Phi) is 10.1. The number of carbonyl (C=O) groups is 1. The van der Waals surface area contributed by atoms with Crippen molar-refractivity contribution in [1.82, 2.24) is 4.90 Å². The monoisotopic (exact) mass is 247 g/mol. The molecule has 17 heavy (non-hydrogen) atoms. The summed E-state index contributed by atoms with van der Waals surface area (Å²) in [7, 11) is 3.34. The smallest absolute Gasteiger partial charge is 0.309 e. The van der Waals surface area contributed by atoms with Gasteiger partial charge < -0.3 is 14.2 Å². The molecule has 0 N–H and O–H groups in total. The average molecular weight is 247 g/mol. The molecule has 0 fully saturated rings. The number of methoxy groups -OCH3 is 2. The zero-order valence-corrected chi connectivity index (χ0v) is 11.4. The number of hydrogen-bond donors (Lipinski definition) is 0. The van der Waals surface area contributed by atoms with E-state index in [9.17, 15) is 4.79 Å². The Morgan fingerprint density at radius 2 is 1.71 bits per heavy atom. The Morgan fingerprint density at radius 1 is 1.18 bits per heavy atom. The summed E-state index contributed by atoms with van der Waals surface area (Å²) in [6.45, 7) is 7.69. The molecule has 5 nitrogen and oxygen atoms in total. The van der Waals surface area contributed by atoms with Crippen LogP contribution in [0.3, 0.4) is 0 Å². The topological polar surface area (TPSA) is 48.0 Å². The van der Waals surface area contributed by atoms with Gasteiger partial charge in [0.1, 0.15) is 0 Å². The molecule has 0 saturated carbocycles. The van der Waals surface area contributed by atoms with E-state index in [4.69, 9.17) is 14.2 Å². The highest BCUT2D eigenvalue weighted by atomic mass is 16.5. The Hall–Kier alpha value is -0.650. The van der Waals surface area contributed by atoms with Gasteiger partial charge in [0.15, 0.2) is 0 Å². The lowest BCUT2D eigenvalue weighted by molar-refractivity contribution is -0.148. The first kappa shape index (κ1) is 16.4. The van der Waals surface area contributed by atoms with E-state index >= 15 is 0 Å². The molecule has 0 aromatic rings. The van der Waals surface area contributed by atoms with Crippen LogP contribution in [0.4, 0.5) is 0 Å². The molecule has 0 aromatic carbocycles. The van der Waals surface area contributed by atoms with Crippen molar-refractivity contribution < 1.29 is 19.0 Å². The molecule has 0 bridgehead atoms. The molecule has 0 saturated heterocycles. The third-order valence-corrected chi connectivity index (χ3v) is 2.44. The Morgan fingerprint density at radius 3 is 2.12 bits per heavy atom. The Labute approximate surface area is 104 Å². The van der Waals surface area contributed by atoms with E-state index in [0.717, 1.165) is 13.1 Å². The Balaban J connectivity index is 4.05. The van der Waals surface area contributed by atoms with E-state index in [1.54, 1.807) is 14.2 Å². The minimum Gasteiger partial charge on any atom is -0.466 e. The third kappa shape index (κ3) is 8.12. The minimum atomic E-state index is -0.146. The van der Waals surface area contributed by atoms with Crippen molar-refractivity contribution in [2.45, 2.75) is 13.8 Å². The molecular weight excluding hydrogens is 222 g/mol. The number of ether oxygens (including phenoxy) is 3. The van der Waals surface area contributed by atoms with Crippen molar-refractivity contribution in [2.24, 2.45) is 5.92 Å². The van der Waals surface area contributed by atoms with E-state index in [0.29, 0.717) is 26.4 Å². The van der Waals surface area contributed by atoms with Gasteiger partial charge in [0.05, 0.1) is 25.7 Å². The van der Waals surface area contributed by atoms with Crippen molar-refractivity contribution in [3.05, 3.63) is 0 Å². The molecule has 5 heteroatoms. The van der Waals surface area contributed by atoms with Gasteiger partial charge in [0.2, 0.25) is 0 Å². The van der Waals surface area contributed by atoms with Crippen molar-refractivity contribution in [3.63, 3.8) is 0 Å². The van der Waals surface area contributed by atoms with Crippen LogP contribution in [0, 0.1) is 5.92 Å². The average Bonchev–Trinajstić information content (AvgIpc) is 2.32. The van der Waals surface area contributed by atoms with Gasteiger partial charge in [-0.2, -0.15) is 0 Å². The fourth-order valence-electron chi connectivity index (χ4n) is 1.48. The van der Waals surface area contributed by atoms with Crippen LogP contribution >= 0.6 is 0 Å². The van der Waals surface area contributed by atoms with Crippen molar-refractivity contribution in [1.29, 1.82) is 0 Å². The highest BCUT2D eigenvalue weighted by Crippen LogP contribution is 2.03. The predicted molar refractivity (Wildman–Crippen MR) is 66.0 cm³/mol. The summed E-state index contributed by atoms with van der Waals surface area (Å²) < 4.78 is 15.1. The lowest BCUT2D eigenvalue weighted by Crippen LogP contribution is -2.37. The summed E-state index contributed by atoms with van der Waals surface area (Å²) >= 11 is 0. The second-order valence-corrected chi connectivity index (χ2v) is 3.94. The van der Waals surface area contributed by atoms with Crippen LogP contribution in [0.2, 0.25) is 0 Å². The zero-order chi connectivity index (χ0) is 13.1. The molecule has 0 aliphatic rings. The largest absolute Gasteiger partial charge is 0.466 e. The van der Waals surface area contributed by atoms with Gasteiger partial charge in [0, 0.05) is 33.9 Å². The van der Waals surface area contributed by atoms with Crippen LogP contribution in [-0.4, -0.2) is 64.5 Å². The summed E-state index contributed by atoms with van der Waals surface area (Å²) in [6, 6.07) is 0. The fraction of sp³-hybridized carbons (Fsp3) is 0.917. The van der Waals surface area contributed by atoms with Crippen LogP contribution < -0.4 is 0 Å². The third-order valence-electron chi connectivity index (χ3n) is 2.44. The van der Waals surface area contributed by atoms with Gasteiger partial charge in [0.25, 0.3) is 0 Å². The number of carbonyl (C=O) groups excluding carboxylic acids is 1. The fourth-order valence-corrected chi connectivity index (χ4v) is 1.48. The maximum Gasteiger partial charge on any atom is 0.309 e. The zero-order valence-electron chi connectivity index (χ0n) is 11.4. The lowest BCUT2D eigenvalue weighted by atomic mass is 10.1. The molecule has 0 radical (unpaired) electrons. The van der Waals surface area contributed by atoms with Gasteiger partial charge in [-0.25, -0.2) is 0 Å². The molecule has 0 aliphatic carbocycles. The first-order valence-corrected chi connectivity index (χ1v) is 6.02. The summed E-state index contributed by atoms with van der Waals surface area (Å²) in [5, 5.41) is 0. The van der Waals surface area contributed by atoms with Crippen molar-refractivity contribution in [3.8, 4) is 0 Å². The van der Waals surface area contributed by atoms with Gasteiger partial charge in [-0.1, -0.05) is 6.92 Å². The van der Waals surface area contributed by atoms with Crippen molar-refractivity contribution >= 4 is 5.97 Å². The van der Waals surface area contributed by atoms with Gasteiger partial charge >= 0.3 is 5.97 Å². The summed E-state index contributed by atoms with van der Waals surface area (Å²) in [4.78, 5) is 13.7. The van der Waals surface area contributed by atoms with Crippen molar-refractivity contribution in [2.75, 3.05) is 53.7 Å². The molecule has 0 amide bonds. The molecule has 1 atom stereocenters. The van der Waals surface area contributed by atoms with Crippen LogP contribution in [0.15, 0.2) is 0 Å². The minimum absolute atomic E-state index is 0.122. The first-order chi connectivity index (χ1) is 8.15. The van der Waals surface area contributed by atoms with E-state index in [2.05, 4.69) is 4.90 Å². The van der Waals surface area contributed by atoms with E-state index in [1.807, 2.05) is 13.8 Å². The SMILES string of the molecule is CCOC(=O)C(C)CN(CCOC)CCOC.